The summed E-state index contributed by atoms with van der Waals surface area (Å²) in [5.74, 6) is -1.06. The highest BCUT2D eigenvalue weighted by atomic mass is 19.1. The van der Waals surface area contributed by atoms with Crippen molar-refractivity contribution in [2.45, 2.75) is 51.7 Å². The zero-order chi connectivity index (χ0) is 26.0. The number of pyridine rings is 1. The lowest BCUT2D eigenvalue weighted by Gasteiger charge is -2.38. The molecule has 0 unspecified atom stereocenters. The van der Waals surface area contributed by atoms with Crippen LogP contribution >= 0.6 is 0 Å². The Morgan fingerprint density at radius 1 is 0.973 bits per heavy atom. The van der Waals surface area contributed by atoms with Crippen LogP contribution in [0.1, 0.15) is 55.1 Å². The molecule has 2 aromatic heterocycles. The summed E-state index contributed by atoms with van der Waals surface area (Å²) in [6.07, 6.45) is 1.76. The van der Waals surface area contributed by atoms with Crippen molar-refractivity contribution in [1.82, 2.24) is 14.9 Å². The number of rotatable bonds is 8. The van der Waals surface area contributed by atoms with Crippen molar-refractivity contribution in [3.8, 4) is 11.1 Å². The molecule has 3 heterocycles. The monoisotopic (exact) mass is 505 g/mol. The van der Waals surface area contributed by atoms with Gasteiger partial charge in [-0.3, -0.25) is 5.32 Å². The fraction of sp³-hybridized carbons (Fsp3) is 0.367. The van der Waals surface area contributed by atoms with Gasteiger partial charge in [0.05, 0.1) is 35.8 Å². The minimum absolute atomic E-state index is 0.0411. The van der Waals surface area contributed by atoms with E-state index in [4.69, 9.17) is 14.6 Å². The van der Waals surface area contributed by atoms with Crippen molar-refractivity contribution in [2.75, 3.05) is 19.9 Å². The maximum atomic E-state index is 14.7. The molecule has 194 valence electrons. The van der Waals surface area contributed by atoms with Gasteiger partial charge in [0.2, 0.25) is 0 Å². The molecule has 0 radical (unpaired) electrons. The lowest BCUT2D eigenvalue weighted by atomic mass is 9.83. The van der Waals surface area contributed by atoms with Crippen LogP contribution in [0.4, 0.5) is 8.78 Å². The normalized spacial score (nSPS) is 15.5. The van der Waals surface area contributed by atoms with Crippen molar-refractivity contribution in [1.29, 1.82) is 0 Å². The first kappa shape index (κ1) is 25.5. The lowest BCUT2D eigenvalue weighted by Crippen LogP contribution is -2.47. The van der Waals surface area contributed by atoms with Crippen molar-refractivity contribution >= 4 is 5.52 Å². The number of ether oxygens (including phenoxy) is 2. The molecule has 1 N–H and O–H groups in total. The molecule has 0 aliphatic carbocycles. The van der Waals surface area contributed by atoms with Crippen LogP contribution in [0.5, 0.6) is 0 Å². The molecular weight excluding hydrogens is 472 g/mol. The lowest BCUT2D eigenvalue weighted by molar-refractivity contribution is 0.00807. The van der Waals surface area contributed by atoms with Gasteiger partial charge in [-0.15, -0.1) is 0 Å². The molecule has 4 aromatic rings. The Bertz CT molecular complexity index is 1360. The van der Waals surface area contributed by atoms with Crippen LogP contribution < -0.4 is 5.32 Å². The zero-order valence-electron chi connectivity index (χ0n) is 21.6. The number of hydrogen-bond donors (Lipinski definition) is 1. The first-order chi connectivity index (χ1) is 17.9. The second kappa shape index (κ2) is 10.7. The maximum Gasteiger partial charge on any atom is 0.134 e. The number of aromatic nitrogens is 2. The summed E-state index contributed by atoms with van der Waals surface area (Å²) in [5, 5.41) is 8.35. The maximum absolute atomic E-state index is 14.7. The highest BCUT2D eigenvalue weighted by Gasteiger charge is 2.33. The van der Waals surface area contributed by atoms with E-state index in [1.54, 1.807) is 6.92 Å². The van der Waals surface area contributed by atoms with Crippen LogP contribution in [-0.2, 0) is 21.6 Å². The number of benzene rings is 2. The van der Waals surface area contributed by atoms with E-state index in [1.807, 2.05) is 22.7 Å². The Kier molecular flexibility index (Phi) is 7.38. The third-order valence-electron chi connectivity index (χ3n) is 7.30. The first-order valence-corrected chi connectivity index (χ1v) is 12.8. The summed E-state index contributed by atoms with van der Waals surface area (Å²) in [5.41, 5.74) is 4.72. The quantitative estimate of drug-likeness (QED) is 0.220. The molecule has 0 saturated carbocycles. The number of aryl methyl sites for hydroxylation is 1. The van der Waals surface area contributed by atoms with Crippen molar-refractivity contribution in [2.24, 2.45) is 0 Å². The van der Waals surface area contributed by atoms with Gasteiger partial charge in [-0.1, -0.05) is 56.3 Å². The Morgan fingerprint density at radius 3 is 2.35 bits per heavy atom. The van der Waals surface area contributed by atoms with Crippen LogP contribution in [0.3, 0.4) is 0 Å². The van der Waals surface area contributed by atoms with E-state index in [1.165, 1.54) is 23.8 Å². The molecule has 1 fully saturated rings. The van der Waals surface area contributed by atoms with Crippen molar-refractivity contribution < 1.29 is 18.3 Å². The van der Waals surface area contributed by atoms with Crippen LogP contribution in [-0.4, -0.2) is 29.6 Å². The van der Waals surface area contributed by atoms with E-state index in [0.717, 1.165) is 24.1 Å². The molecule has 2 aromatic carbocycles. The molecule has 37 heavy (non-hydrogen) atoms. The fourth-order valence-electron chi connectivity index (χ4n) is 5.46. The van der Waals surface area contributed by atoms with Crippen LogP contribution in [0.25, 0.3) is 16.6 Å². The largest absolute Gasteiger partial charge is 0.381 e. The molecule has 0 spiro atoms. The Balaban J connectivity index is 1.40. The second-order valence-electron chi connectivity index (χ2n) is 9.98. The standard InChI is InChI=1S/C30H33F2N3O2/c1-20(2)29-22(18-37-19-33-30(14-16-36-17-15-30)23-8-5-4-6-9-23)12-13-26-27(21(3)34-35(26)29)28-24(31)10-7-11-25(28)32/h4-13,20,33H,14-19H2,1-3H3. The third-order valence-corrected chi connectivity index (χ3v) is 7.30. The number of nitrogens with one attached hydrogen (secondary N) is 1. The zero-order valence-corrected chi connectivity index (χ0v) is 21.6. The SMILES string of the molecule is Cc1nn2c(C(C)C)c(COCNC3(c4ccccc4)CCOCC3)ccc2c1-c1c(F)cccc1F. The predicted molar refractivity (Wildman–Crippen MR) is 140 cm³/mol. The van der Waals surface area contributed by atoms with E-state index < -0.39 is 11.6 Å². The average molecular weight is 506 g/mol. The van der Waals surface area contributed by atoms with Gasteiger partial charge in [-0.25, -0.2) is 13.3 Å². The smallest absolute Gasteiger partial charge is 0.134 e. The first-order valence-electron chi connectivity index (χ1n) is 12.8. The van der Waals surface area contributed by atoms with Gasteiger partial charge in [0.25, 0.3) is 0 Å². The minimum atomic E-state index is -0.594. The van der Waals surface area contributed by atoms with E-state index in [0.29, 0.717) is 43.3 Å². The summed E-state index contributed by atoms with van der Waals surface area (Å²) in [4.78, 5) is 0. The summed E-state index contributed by atoms with van der Waals surface area (Å²) < 4.78 is 42.9. The Morgan fingerprint density at radius 2 is 1.68 bits per heavy atom. The number of hydrogen-bond acceptors (Lipinski definition) is 4. The molecule has 1 aliphatic heterocycles. The van der Waals surface area contributed by atoms with Gasteiger partial charge in [0, 0.05) is 24.3 Å². The van der Waals surface area contributed by atoms with Crippen molar-refractivity contribution in [3.05, 3.63) is 94.8 Å². The topological polar surface area (TPSA) is 47.8 Å². The number of halogens is 2. The summed E-state index contributed by atoms with van der Waals surface area (Å²) >= 11 is 0. The highest BCUT2D eigenvalue weighted by molar-refractivity contribution is 5.83. The summed E-state index contributed by atoms with van der Waals surface area (Å²) in [6, 6.07) is 18.2. The van der Waals surface area contributed by atoms with Crippen molar-refractivity contribution in [3.63, 3.8) is 0 Å². The minimum Gasteiger partial charge on any atom is -0.381 e. The Hall–Kier alpha value is -3.13. The molecule has 5 nitrogen and oxygen atoms in total. The van der Waals surface area contributed by atoms with Crippen LogP contribution in [0.2, 0.25) is 0 Å². The molecule has 0 atom stereocenters. The number of fused-ring (bicyclic) bond motifs is 1. The molecule has 1 aliphatic rings. The van der Waals surface area contributed by atoms with E-state index >= 15 is 0 Å². The summed E-state index contributed by atoms with van der Waals surface area (Å²) in [7, 11) is 0. The van der Waals surface area contributed by atoms with Crippen LogP contribution in [0.15, 0.2) is 60.7 Å². The molecule has 7 heteroatoms. The highest BCUT2D eigenvalue weighted by Crippen LogP contribution is 2.35. The van der Waals surface area contributed by atoms with Gasteiger partial charge < -0.3 is 9.47 Å². The average Bonchev–Trinajstić information content (AvgIpc) is 3.22. The fourth-order valence-corrected chi connectivity index (χ4v) is 5.46. The third kappa shape index (κ3) is 4.91. The molecule has 0 amide bonds. The molecule has 5 rings (SSSR count). The Labute approximate surface area is 216 Å². The van der Waals surface area contributed by atoms with E-state index in [9.17, 15) is 8.78 Å². The van der Waals surface area contributed by atoms with E-state index in [-0.39, 0.29) is 17.0 Å². The number of nitrogens with zero attached hydrogens (tertiary/aromatic N) is 2. The predicted octanol–water partition coefficient (Wildman–Crippen LogP) is 6.48. The van der Waals surface area contributed by atoms with Gasteiger partial charge in [-0.2, -0.15) is 5.10 Å². The van der Waals surface area contributed by atoms with Gasteiger partial charge in [0.1, 0.15) is 11.6 Å². The van der Waals surface area contributed by atoms with Gasteiger partial charge in [0.15, 0.2) is 0 Å². The van der Waals surface area contributed by atoms with E-state index in [2.05, 4.69) is 43.4 Å². The van der Waals surface area contributed by atoms with Gasteiger partial charge >= 0.3 is 0 Å². The molecular formula is C30H33F2N3O2. The second-order valence-corrected chi connectivity index (χ2v) is 9.98. The molecule has 0 bridgehead atoms. The van der Waals surface area contributed by atoms with Crippen LogP contribution in [0, 0.1) is 18.6 Å². The summed E-state index contributed by atoms with van der Waals surface area (Å²) in [6.45, 7) is 8.15. The molecule has 1 saturated heterocycles. The van der Waals surface area contributed by atoms with Gasteiger partial charge in [-0.05, 0) is 55.0 Å².